The van der Waals surface area contributed by atoms with Crippen molar-refractivity contribution in [2.75, 3.05) is 43.6 Å². The molecule has 0 fully saturated rings. The number of nitrogens with zero attached hydrogens (tertiary/aromatic N) is 3. The minimum Gasteiger partial charge on any atom is -0.395 e. The van der Waals surface area contributed by atoms with Crippen LogP contribution in [0.1, 0.15) is 19.7 Å². The number of aromatic nitrogens is 2. The van der Waals surface area contributed by atoms with Gasteiger partial charge in [-0.15, -0.1) is 0 Å². The van der Waals surface area contributed by atoms with E-state index in [-0.39, 0.29) is 6.61 Å². The van der Waals surface area contributed by atoms with Crippen molar-refractivity contribution in [1.29, 1.82) is 0 Å². The highest BCUT2D eigenvalue weighted by molar-refractivity contribution is 5.49. The molecule has 0 saturated heterocycles. The fourth-order valence-electron chi connectivity index (χ4n) is 1.59. The first kappa shape index (κ1) is 14.7. The van der Waals surface area contributed by atoms with Crippen molar-refractivity contribution in [3.63, 3.8) is 0 Å². The van der Waals surface area contributed by atoms with Gasteiger partial charge in [-0.1, -0.05) is 0 Å². The summed E-state index contributed by atoms with van der Waals surface area (Å²) in [6, 6.07) is 1.87. The van der Waals surface area contributed by atoms with Crippen LogP contribution >= 0.6 is 0 Å². The van der Waals surface area contributed by atoms with Crippen LogP contribution in [0.5, 0.6) is 0 Å². The van der Waals surface area contributed by atoms with Gasteiger partial charge < -0.3 is 20.1 Å². The summed E-state index contributed by atoms with van der Waals surface area (Å²) in [5.74, 6) is 2.21. The van der Waals surface area contributed by atoms with Gasteiger partial charge in [0.2, 0.25) is 0 Å². The Labute approximate surface area is 108 Å². The number of hydrogen-bond acceptors (Lipinski definition) is 6. The van der Waals surface area contributed by atoms with Crippen molar-refractivity contribution in [3.8, 4) is 0 Å². The minimum absolute atomic E-state index is 0.105. The first-order valence-corrected chi connectivity index (χ1v) is 6.24. The predicted octanol–water partition coefficient (Wildman–Crippen LogP) is 0.873. The van der Waals surface area contributed by atoms with Gasteiger partial charge >= 0.3 is 0 Å². The van der Waals surface area contributed by atoms with Gasteiger partial charge in [0, 0.05) is 32.8 Å². The molecular weight excluding hydrogens is 232 g/mol. The second-order valence-corrected chi connectivity index (χ2v) is 3.72. The quantitative estimate of drug-likeness (QED) is 0.717. The fraction of sp³-hybridized carbons (Fsp3) is 0.667. The summed E-state index contributed by atoms with van der Waals surface area (Å²) < 4.78 is 5.33. The van der Waals surface area contributed by atoms with Crippen molar-refractivity contribution in [1.82, 2.24) is 9.97 Å². The van der Waals surface area contributed by atoms with Gasteiger partial charge in [0.15, 0.2) is 5.82 Å². The molecule has 1 aromatic heterocycles. The Hall–Kier alpha value is -1.40. The molecule has 0 atom stereocenters. The molecule has 0 amide bonds. The highest BCUT2D eigenvalue weighted by Crippen LogP contribution is 2.15. The summed E-state index contributed by atoms with van der Waals surface area (Å²) in [4.78, 5) is 10.8. The Kier molecular flexibility index (Phi) is 6.38. The van der Waals surface area contributed by atoms with E-state index in [4.69, 9.17) is 9.84 Å². The SMILES string of the molecule is CCOCc1nc(NC)cc(N(CC)CCO)n1. The van der Waals surface area contributed by atoms with Gasteiger partial charge in [0.05, 0.1) is 6.61 Å². The molecule has 1 heterocycles. The van der Waals surface area contributed by atoms with Gasteiger partial charge in [-0.2, -0.15) is 0 Å². The normalized spacial score (nSPS) is 10.4. The van der Waals surface area contributed by atoms with Crippen molar-refractivity contribution in [3.05, 3.63) is 11.9 Å². The van der Waals surface area contributed by atoms with Crippen LogP contribution in [0.3, 0.4) is 0 Å². The molecule has 1 rings (SSSR count). The maximum Gasteiger partial charge on any atom is 0.158 e. The van der Waals surface area contributed by atoms with Gasteiger partial charge in [-0.05, 0) is 13.8 Å². The summed E-state index contributed by atoms with van der Waals surface area (Å²) in [5.41, 5.74) is 0. The lowest BCUT2D eigenvalue weighted by molar-refractivity contribution is 0.128. The van der Waals surface area contributed by atoms with Crippen molar-refractivity contribution < 1.29 is 9.84 Å². The zero-order chi connectivity index (χ0) is 13.4. The maximum atomic E-state index is 9.04. The number of aliphatic hydroxyl groups is 1. The molecule has 0 aliphatic carbocycles. The molecule has 0 unspecified atom stereocenters. The van der Waals surface area contributed by atoms with E-state index in [9.17, 15) is 0 Å². The fourth-order valence-corrected chi connectivity index (χ4v) is 1.59. The number of ether oxygens (including phenoxy) is 1. The van der Waals surface area contributed by atoms with Crippen LogP contribution in [0.15, 0.2) is 6.07 Å². The van der Waals surface area contributed by atoms with E-state index in [0.717, 1.165) is 18.2 Å². The highest BCUT2D eigenvalue weighted by Gasteiger charge is 2.09. The average Bonchev–Trinajstić information content (AvgIpc) is 2.42. The third-order valence-corrected chi connectivity index (χ3v) is 2.53. The largest absolute Gasteiger partial charge is 0.395 e. The number of rotatable bonds is 8. The van der Waals surface area contributed by atoms with E-state index < -0.39 is 0 Å². The van der Waals surface area contributed by atoms with Crippen LogP contribution in [-0.2, 0) is 11.3 Å². The molecule has 1 aromatic rings. The molecule has 102 valence electrons. The third kappa shape index (κ3) is 4.12. The minimum atomic E-state index is 0.105. The zero-order valence-corrected chi connectivity index (χ0v) is 11.3. The topological polar surface area (TPSA) is 70.5 Å². The second kappa shape index (κ2) is 7.84. The van der Waals surface area contributed by atoms with E-state index in [1.54, 1.807) is 0 Å². The van der Waals surface area contributed by atoms with Crippen molar-refractivity contribution in [2.24, 2.45) is 0 Å². The smallest absolute Gasteiger partial charge is 0.158 e. The highest BCUT2D eigenvalue weighted by atomic mass is 16.5. The number of likely N-dealkylation sites (N-methyl/N-ethyl adjacent to an activating group) is 1. The first-order chi connectivity index (χ1) is 8.74. The lowest BCUT2D eigenvalue weighted by Gasteiger charge is -2.21. The van der Waals surface area contributed by atoms with Gasteiger partial charge in [0.1, 0.15) is 18.2 Å². The monoisotopic (exact) mass is 254 g/mol. The molecule has 0 saturated carbocycles. The Morgan fingerprint density at radius 2 is 2.17 bits per heavy atom. The molecule has 0 bridgehead atoms. The third-order valence-electron chi connectivity index (χ3n) is 2.53. The lowest BCUT2D eigenvalue weighted by atomic mass is 10.4. The molecule has 0 aliphatic rings. The molecule has 6 heteroatoms. The molecule has 6 nitrogen and oxygen atoms in total. The number of hydrogen-bond donors (Lipinski definition) is 2. The van der Waals surface area contributed by atoms with E-state index in [0.29, 0.717) is 25.6 Å². The Bertz CT molecular complexity index is 360. The maximum absolute atomic E-state index is 9.04. The summed E-state index contributed by atoms with van der Waals surface area (Å²) in [5, 5.41) is 12.1. The number of anilines is 2. The van der Waals surface area contributed by atoms with E-state index in [2.05, 4.69) is 15.3 Å². The van der Waals surface area contributed by atoms with Crippen LogP contribution < -0.4 is 10.2 Å². The summed E-state index contributed by atoms with van der Waals surface area (Å²) in [6.07, 6.45) is 0. The summed E-state index contributed by atoms with van der Waals surface area (Å²) in [6.45, 7) is 6.45. The van der Waals surface area contributed by atoms with E-state index in [1.807, 2.05) is 31.9 Å². The van der Waals surface area contributed by atoms with Gasteiger partial charge in [-0.25, -0.2) is 9.97 Å². The molecule has 0 radical (unpaired) electrons. The van der Waals surface area contributed by atoms with Crippen LogP contribution in [0.4, 0.5) is 11.6 Å². The standard InChI is InChI=1S/C12H22N4O2/c1-4-16(6-7-17)12-8-10(13-3)14-11(15-12)9-18-5-2/h8,17H,4-7,9H2,1-3H3,(H,13,14,15). The van der Waals surface area contributed by atoms with Crippen LogP contribution in [-0.4, -0.2) is 48.4 Å². The van der Waals surface area contributed by atoms with Gasteiger partial charge in [0.25, 0.3) is 0 Å². The first-order valence-electron chi connectivity index (χ1n) is 6.24. The number of aliphatic hydroxyl groups excluding tert-OH is 1. The number of nitrogens with one attached hydrogen (secondary N) is 1. The van der Waals surface area contributed by atoms with Crippen molar-refractivity contribution in [2.45, 2.75) is 20.5 Å². The van der Waals surface area contributed by atoms with Crippen LogP contribution in [0, 0.1) is 0 Å². The lowest BCUT2D eigenvalue weighted by Crippen LogP contribution is -2.27. The Morgan fingerprint density at radius 1 is 1.39 bits per heavy atom. The van der Waals surface area contributed by atoms with Crippen LogP contribution in [0.2, 0.25) is 0 Å². The predicted molar refractivity (Wildman–Crippen MR) is 71.9 cm³/mol. The van der Waals surface area contributed by atoms with E-state index >= 15 is 0 Å². The molecule has 2 N–H and O–H groups in total. The molecule has 18 heavy (non-hydrogen) atoms. The summed E-state index contributed by atoms with van der Waals surface area (Å²) >= 11 is 0. The van der Waals surface area contributed by atoms with Gasteiger partial charge in [-0.3, -0.25) is 0 Å². The second-order valence-electron chi connectivity index (χ2n) is 3.72. The zero-order valence-electron chi connectivity index (χ0n) is 11.3. The average molecular weight is 254 g/mol. The van der Waals surface area contributed by atoms with Crippen molar-refractivity contribution >= 4 is 11.6 Å². The van der Waals surface area contributed by atoms with E-state index in [1.165, 1.54) is 0 Å². The molecule has 0 aromatic carbocycles. The van der Waals surface area contributed by atoms with Crippen LogP contribution in [0.25, 0.3) is 0 Å². The molecular formula is C12H22N4O2. The molecule has 0 aliphatic heterocycles. The Morgan fingerprint density at radius 3 is 2.72 bits per heavy atom. The molecule has 0 spiro atoms. The Balaban J connectivity index is 2.94. The summed E-state index contributed by atoms with van der Waals surface area (Å²) in [7, 11) is 1.82.